The van der Waals surface area contributed by atoms with Crippen LogP contribution in [-0.2, 0) is 0 Å². The normalized spacial score (nSPS) is 22.0. The number of rotatable bonds is 4. The molecule has 1 fully saturated rings. The first kappa shape index (κ1) is 15.8. The number of benzene rings is 2. The molecule has 122 valence electrons. The van der Waals surface area contributed by atoms with Gasteiger partial charge in [-0.05, 0) is 54.5 Å². The molecule has 4 nitrogen and oxygen atoms in total. The van der Waals surface area contributed by atoms with Crippen molar-refractivity contribution in [3.63, 3.8) is 0 Å². The van der Waals surface area contributed by atoms with Gasteiger partial charge in [-0.3, -0.25) is 0 Å². The zero-order valence-electron chi connectivity index (χ0n) is 13.5. The monoisotopic (exact) mass is 312 g/mol. The van der Waals surface area contributed by atoms with E-state index in [4.69, 9.17) is 0 Å². The number of aliphatic hydroxyl groups is 1. The predicted molar refractivity (Wildman–Crippen MR) is 92.2 cm³/mol. The van der Waals surface area contributed by atoms with Crippen molar-refractivity contribution in [3.05, 3.63) is 48.0 Å². The lowest BCUT2D eigenvalue weighted by Gasteiger charge is -2.17. The second-order valence-electron chi connectivity index (χ2n) is 6.52. The van der Waals surface area contributed by atoms with Crippen LogP contribution in [0.5, 0.6) is 0 Å². The minimum absolute atomic E-state index is 0.0474. The molecule has 0 aliphatic heterocycles. The lowest BCUT2D eigenvalue weighted by Crippen LogP contribution is -2.39. The summed E-state index contributed by atoms with van der Waals surface area (Å²) in [4.78, 5) is 12.0. The molecule has 2 aromatic rings. The molecule has 23 heavy (non-hydrogen) atoms. The van der Waals surface area contributed by atoms with Crippen LogP contribution in [0.25, 0.3) is 10.8 Å². The summed E-state index contributed by atoms with van der Waals surface area (Å²) in [7, 11) is 0. The Morgan fingerprint density at radius 2 is 2.00 bits per heavy atom. The molecule has 4 heteroatoms. The first-order valence-corrected chi connectivity index (χ1v) is 8.33. The molecular weight excluding hydrogens is 288 g/mol. The minimum Gasteiger partial charge on any atom is -0.393 e. The molecule has 1 saturated carbocycles. The Kier molecular flexibility index (Phi) is 4.82. The number of urea groups is 1. The van der Waals surface area contributed by atoms with E-state index in [-0.39, 0.29) is 18.2 Å². The lowest BCUT2D eigenvalue weighted by atomic mass is 10.0. The fourth-order valence-corrected chi connectivity index (χ4v) is 3.28. The van der Waals surface area contributed by atoms with E-state index in [0.29, 0.717) is 12.5 Å². The van der Waals surface area contributed by atoms with Gasteiger partial charge in [0.1, 0.15) is 0 Å². The number of hydrogen-bond donors (Lipinski definition) is 3. The lowest BCUT2D eigenvalue weighted by molar-refractivity contribution is 0.177. The van der Waals surface area contributed by atoms with Crippen molar-refractivity contribution in [1.29, 1.82) is 0 Å². The van der Waals surface area contributed by atoms with Gasteiger partial charge in [-0.15, -0.1) is 0 Å². The van der Waals surface area contributed by atoms with Crippen molar-refractivity contribution in [2.45, 2.75) is 38.3 Å². The quantitative estimate of drug-likeness (QED) is 0.810. The topological polar surface area (TPSA) is 61.4 Å². The average Bonchev–Trinajstić information content (AvgIpc) is 2.98. The van der Waals surface area contributed by atoms with Crippen LogP contribution in [0.3, 0.4) is 0 Å². The Morgan fingerprint density at radius 1 is 1.22 bits per heavy atom. The summed E-state index contributed by atoms with van der Waals surface area (Å²) < 4.78 is 0. The fraction of sp³-hybridized carbons (Fsp3) is 0.421. The zero-order chi connectivity index (χ0) is 16.2. The van der Waals surface area contributed by atoms with Crippen LogP contribution < -0.4 is 10.6 Å². The molecule has 0 heterocycles. The summed E-state index contributed by atoms with van der Waals surface area (Å²) in [5, 5.41) is 17.8. The largest absolute Gasteiger partial charge is 0.393 e. The Hall–Kier alpha value is -2.07. The summed E-state index contributed by atoms with van der Waals surface area (Å²) in [6.45, 7) is 2.62. The summed E-state index contributed by atoms with van der Waals surface area (Å²) in [6.07, 6.45) is 2.44. The molecule has 0 radical (unpaired) electrons. The van der Waals surface area contributed by atoms with Crippen molar-refractivity contribution >= 4 is 16.8 Å². The Balaban J connectivity index is 1.54. The molecule has 2 aromatic carbocycles. The van der Waals surface area contributed by atoms with Crippen molar-refractivity contribution in [2.24, 2.45) is 5.92 Å². The number of hydrogen-bond acceptors (Lipinski definition) is 2. The summed E-state index contributed by atoms with van der Waals surface area (Å²) in [5.74, 6) is 0.395. The van der Waals surface area contributed by atoms with Crippen LogP contribution >= 0.6 is 0 Å². The van der Waals surface area contributed by atoms with Gasteiger partial charge in [0.05, 0.1) is 12.1 Å². The van der Waals surface area contributed by atoms with E-state index in [9.17, 15) is 9.90 Å². The molecule has 0 aromatic heterocycles. The van der Waals surface area contributed by atoms with Crippen LogP contribution in [0.4, 0.5) is 4.79 Å². The van der Waals surface area contributed by atoms with Crippen LogP contribution in [0, 0.1) is 5.92 Å². The van der Waals surface area contributed by atoms with Gasteiger partial charge in [-0.2, -0.15) is 0 Å². The maximum absolute atomic E-state index is 12.0. The van der Waals surface area contributed by atoms with Crippen molar-refractivity contribution in [3.8, 4) is 0 Å². The van der Waals surface area contributed by atoms with Crippen LogP contribution in [0.15, 0.2) is 42.5 Å². The van der Waals surface area contributed by atoms with Crippen LogP contribution in [-0.4, -0.2) is 23.8 Å². The molecule has 0 saturated heterocycles. The van der Waals surface area contributed by atoms with E-state index in [1.165, 1.54) is 10.8 Å². The number of carbonyl (C=O) groups excluding carboxylic acids is 1. The van der Waals surface area contributed by atoms with E-state index < -0.39 is 0 Å². The SMILES string of the molecule is C[C@H](NC(=O)NC[C@H]1CC[C@H](O)C1)c1ccc2ccccc2c1. The Morgan fingerprint density at radius 3 is 2.74 bits per heavy atom. The maximum Gasteiger partial charge on any atom is 0.315 e. The smallest absolute Gasteiger partial charge is 0.315 e. The Labute approximate surface area is 136 Å². The van der Waals surface area contributed by atoms with Gasteiger partial charge >= 0.3 is 6.03 Å². The third kappa shape index (κ3) is 4.02. The van der Waals surface area contributed by atoms with Gasteiger partial charge in [-0.25, -0.2) is 4.79 Å². The van der Waals surface area contributed by atoms with E-state index in [2.05, 4.69) is 41.0 Å². The van der Waals surface area contributed by atoms with Gasteiger partial charge < -0.3 is 15.7 Å². The third-order valence-corrected chi connectivity index (χ3v) is 4.69. The van der Waals surface area contributed by atoms with Crippen LogP contribution in [0.2, 0.25) is 0 Å². The highest BCUT2D eigenvalue weighted by Crippen LogP contribution is 2.24. The van der Waals surface area contributed by atoms with Gasteiger partial charge in [0, 0.05) is 6.54 Å². The second kappa shape index (κ2) is 7.01. The van der Waals surface area contributed by atoms with E-state index in [1.807, 2.05) is 19.1 Å². The highest BCUT2D eigenvalue weighted by molar-refractivity contribution is 5.83. The minimum atomic E-state index is -0.193. The Bertz CT molecular complexity index is 686. The molecule has 0 unspecified atom stereocenters. The molecule has 0 spiro atoms. The number of aliphatic hydroxyl groups excluding tert-OH is 1. The number of fused-ring (bicyclic) bond motifs is 1. The predicted octanol–water partition coefficient (Wildman–Crippen LogP) is 3.36. The molecule has 3 N–H and O–H groups in total. The summed E-state index contributed by atoms with van der Waals surface area (Å²) >= 11 is 0. The molecule has 1 aliphatic carbocycles. The number of carbonyl (C=O) groups is 1. The van der Waals surface area contributed by atoms with Crippen molar-refractivity contribution < 1.29 is 9.90 Å². The molecule has 1 aliphatic rings. The summed E-state index contributed by atoms with van der Waals surface area (Å²) in [6, 6.07) is 14.3. The molecule has 0 bridgehead atoms. The highest BCUT2D eigenvalue weighted by Gasteiger charge is 2.23. The average molecular weight is 312 g/mol. The highest BCUT2D eigenvalue weighted by atomic mass is 16.3. The second-order valence-corrected chi connectivity index (χ2v) is 6.52. The number of amides is 2. The first-order valence-electron chi connectivity index (χ1n) is 8.33. The molecule has 2 amide bonds. The van der Waals surface area contributed by atoms with Gasteiger partial charge in [0.15, 0.2) is 0 Å². The summed E-state index contributed by atoms with van der Waals surface area (Å²) in [5.41, 5.74) is 1.09. The van der Waals surface area contributed by atoms with Crippen molar-refractivity contribution in [2.75, 3.05) is 6.54 Å². The maximum atomic E-state index is 12.0. The molecular formula is C19H24N2O2. The molecule has 3 rings (SSSR count). The first-order chi connectivity index (χ1) is 11.1. The zero-order valence-corrected chi connectivity index (χ0v) is 13.5. The third-order valence-electron chi connectivity index (χ3n) is 4.69. The number of nitrogens with one attached hydrogen (secondary N) is 2. The standard InChI is InChI=1S/C19H24N2O2/c1-13(16-8-7-15-4-2-3-5-17(15)11-16)21-19(23)20-12-14-6-9-18(22)10-14/h2-5,7-8,11,13-14,18,22H,6,9-10,12H2,1H3,(H2,20,21,23)/t13-,14-,18-/m0/s1. The van der Waals surface area contributed by atoms with Gasteiger partial charge in [-0.1, -0.05) is 36.4 Å². The van der Waals surface area contributed by atoms with Crippen molar-refractivity contribution in [1.82, 2.24) is 10.6 Å². The van der Waals surface area contributed by atoms with Gasteiger partial charge in [0.2, 0.25) is 0 Å². The van der Waals surface area contributed by atoms with Gasteiger partial charge in [0.25, 0.3) is 0 Å². The van der Waals surface area contributed by atoms with E-state index in [0.717, 1.165) is 24.8 Å². The molecule has 3 atom stereocenters. The van der Waals surface area contributed by atoms with E-state index >= 15 is 0 Å². The van der Waals surface area contributed by atoms with E-state index in [1.54, 1.807) is 0 Å². The fourth-order valence-electron chi connectivity index (χ4n) is 3.28. The van der Waals surface area contributed by atoms with Crippen LogP contribution in [0.1, 0.15) is 37.8 Å².